The van der Waals surface area contributed by atoms with E-state index in [4.69, 9.17) is 38.4 Å². The van der Waals surface area contributed by atoms with Gasteiger partial charge in [0.15, 0.2) is 0 Å². The van der Waals surface area contributed by atoms with Gasteiger partial charge in [-0.2, -0.15) is 0 Å². The number of halogens is 2. The zero-order chi connectivity index (χ0) is 36.0. The van der Waals surface area contributed by atoms with E-state index >= 15 is 0 Å². The Balaban J connectivity index is 1.81. The molecule has 0 bridgehead atoms. The maximum Gasteiger partial charge on any atom is 0.413 e. The van der Waals surface area contributed by atoms with Gasteiger partial charge >= 0.3 is 18.2 Å². The molecule has 11 nitrogen and oxygen atoms in total. The van der Waals surface area contributed by atoms with Crippen LogP contribution in [0.1, 0.15) is 23.1 Å². The van der Waals surface area contributed by atoms with Gasteiger partial charge < -0.3 is 25.6 Å². The molecule has 3 amide bonds. The highest BCUT2D eigenvalue weighted by molar-refractivity contribution is 6.18. The highest BCUT2D eigenvalue weighted by atomic mass is 35.5. The summed E-state index contributed by atoms with van der Waals surface area (Å²) in [6.45, 7) is 0.134. The summed E-state index contributed by atoms with van der Waals surface area (Å²) in [7, 11) is 0. The minimum Gasteiger partial charge on any atom is -0.479 e. The number of carboxylic acid groups (broad SMARTS) is 1. The number of carbonyl (C=O) groups is 4. The van der Waals surface area contributed by atoms with Crippen LogP contribution in [0.5, 0.6) is 5.75 Å². The van der Waals surface area contributed by atoms with Crippen LogP contribution in [0.15, 0.2) is 115 Å². The molecular weight excluding hydrogens is 683 g/mol. The summed E-state index contributed by atoms with van der Waals surface area (Å²) in [4.78, 5) is 55.3. The molecule has 1 unspecified atom stereocenters. The first-order valence-electron chi connectivity index (χ1n) is 15.7. The molecular formula is C37H38Cl2N4O7. The van der Waals surface area contributed by atoms with Crippen LogP contribution in [0.2, 0.25) is 0 Å². The van der Waals surface area contributed by atoms with Crippen molar-refractivity contribution in [2.75, 3.05) is 30.2 Å². The lowest BCUT2D eigenvalue weighted by molar-refractivity contribution is -0.148. The zero-order valence-corrected chi connectivity index (χ0v) is 28.6. The quantitative estimate of drug-likeness (QED) is 0.0947. The summed E-state index contributed by atoms with van der Waals surface area (Å²) in [6, 6.07) is 32.1. The Bertz CT molecular complexity index is 1730. The number of hydrogen-bond acceptors (Lipinski definition) is 7. The summed E-state index contributed by atoms with van der Waals surface area (Å²) in [5, 5.41) is 16.2. The van der Waals surface area contributed by atoms with Crippen LogP contribution in [0.4, 0.5) is 15.3 Å². The number of carbonyl (C=O) groups excluding carboxylic acids is 3. The maximum absolute atomic E-state index is 14.0. The average Bonchev–Trinajstić information content (AvgIpc) is 3.11. The van der Waals surface area contributed by atoms with Gasteiger partial charge in [0.1, 0.15) is 23.4 Å². The first kappa shape index (κ1) is 37.7. The molecule has 50 heavy (non-hydrogen) atoms. The highest BCUT2D eigenvalue weighted by Crippen LogP contribution is 2.40. The van der Waals surface area contributed by atoms with Crippen molar-refractivity contribution in [1.29, 1.82) is 0 Å². The number of hydrogen-bond donors (Lipinski definition) is 4. The molecule has 0 heterocycles. The molecule has 2 atom stereocenters. The number of para-hydroxylation sites is 1. The van der Waals surface area contributed by atoms with Gasteiger partial charge in [0.05, 0.1) is 0 Å². The molecule has 0 aliphatic heterocycles. The summed E-state index contributed by atoms with van der Waals surface area (Å²) in [6.07, 6.45) is -2.67. The van der Waals surface area contributed by atoms with Crippen molar-refractivity contribution in [3.8, 4) is 5.75 Å². The van der Waals surface area contributed by atoms with Crippen molar-refractivity contribution in [2.45, 2.75) is 30.5 Å². The Morgan fingerprint density at radius 3 is 1.90 bits per heavy atom. The molecule has 4 aromatic carbocycles. The zero-order valence-electron chi connectivity index (χ0n) is 27.1. The van der Waals surface area contributed by atoms with Gasteiger partial charge in [-0.1, -0.05) is 91.0 Å². The molecule has 0 fully saturated rings. The van der Waals surface area contributed by atoms with Crippen LogP contribution in [0, 0.1) is 0 Å². The number of carboxylic acids is 1. The third-order valence-electron chi connectivity index (χ3n) is 8.07. The Labute approximate surface area is 300 Å². The number of aliphatic carboxylic acids is 1. The Morgan fingerprint density at radius 2 is 1.34 bits per heavy atom. The summed E-state index contributed by atoms with van der Waals surface area (Å²) in [5.41, 5.74) is 3.93. The van der Waals surface area contributed by atoms with E-state index in [1.807, 2.05) is 30.3 Å². The van der Waals surface area contributed by atoms with E-state index in [-0.39, 0.29) is 54.9 Å². The number of benzene rings is 4. The van der Waals surface area contributed by atoms with E-state index < -0.39 is 41.6 Å². The predicted molar refractivity (Wildman–Crippen MR) is 191 cm³/mol. The first-order valence-corrected chi connectivity index (χ1v) is 16.8. The molecule has 262 valence electrons. The molecule has 13 heteroatoms. The van der Waals surface area contributed by atoms with Crippen LogP contribution in [-0.2, 0) is 32.9 Å². The number of anilines is 1. The molecule has 0 spiro atoms. The SMILES string of the molecule is NC(=O)C(C[C@](Cc1ccccc1)(NC(=O)Oc1ccccc1)C(=O)O)(c1cccc(NC(=O)OCc2ccccc2)c1)N(CCCl)CCCl. The van der Waals surface area contributed by atoms with E-state index in [9.17, 15) is 24.3 Å². The van der Waals surface area contributed by atoms with Crippen molar-refractivity contribution in [2.24, 2.45) is 5.73 Å². The van der Waals surface area contributed by atoms with Gasteiger partial charge in [-0.25, -0.2) is 14.4 Å². The largest absolute Gasteiger partial charge is 0.479 e. The van der Waals surface area contributed by atoms with E-state index in [1.54, 1.807) is 83.8 Å². The van der Waals surface area contributed by atoms with E-state index in [2.05, 4.69) is 10.6 Å². The number of alkyl halides is 2. The average molecular weight is 722 g/mol. The molecule has 0 aliphatic carbocycles. The van der Waals surface area contributed by atoms with Gasteiger partial charge in [-0.3, -0.25) is 15.0 Å². The molecule has 4 rings (SSSR count). The van der Waals surface area contributed by atoms with Crippen molar-refractivity contribution >= 4 is 53.0 Å². The van der Waals surface area contributed by atoms with E-state index in [1.165, 1.54) is 6.07 Å². The van der Waals surface area contributed by atoms with Crippen LogP contribution in [0.25, 0.3) is 0 Å². The third-order valence-corrected chi connectivity index (χ3v) is 8.40. The lowest BCUT2D eigenvalue weighted by Gasteiger charge is -2.46. The number of primary amides is 1. The number of rotatable bonds is 17. The second-order valence-electron chi connectivity index (χ2n) is 11.4. The maximum atomic E-state index is 14.0. The van der Waals surface area contributed by atoms with Gasteiger partial charge in [-0.15, -0.1) is 23.2 Å². The lowest BCUT2D eigenvalue weighted by Crippen LogP contribution is -2.66. The Kier molecular flexibility index (Phi) is 13.6. The van der Waals surface area contributed by atoms with Crippen molar-refractivity contribution in [3.05, 3.63) is 132 Å². The summed E-state index contributed by atoms with van der Waals surface area (Å²) in [5.74, 6) is -2.16. The minimum absolute atomic E-state index is 0.0160. The first-order chi connectivity index (χ1) is 24.1. The van der Waals surface area contributed by atoms with Crippen LogP contribution in [0.3, 0.4) is 0 Å². The monoisotopic (exact) mass is 720 g/mol. The third kappa shape index (κ3) is 9.75. The molecule has 0 radical (unpaired) electrons. The lowest BCUT2D eigenvalue weighted by atomic mass is 9.73. The topological polar surface area (TPSA) is 160 Å². The Morgan fingerprint density at radius 1 is 0.760 bits per heavy atom. The van der Waals surface area contributed by atoms with Crippen molar-refractivity contribution in [3.63, 3.8) is 0 Å². The predicted octanol–water partition coefficient (Wildman–Crippen LogP) is 6.14. The molecule has 4 aromatic rings. The normalized spacial score (nSPS) is 13.3. The van der Waals surface area contributed by atoms with Crippen LogP contribution < -0.4 is 21.1 Å². The highest BCUT2D eigenvalue weighted by Gasteiger charge is 2.54. The second-order valence-corrected chi connectivity index (χ2v) is 12.2. The molecule has 0 saturated carbocycles. The molecule has 5 N–H and O–H groups in total. The van der Waals surface area contributed by atoms with Crippen molar-refractivity contribution < 1.29 is 33.8 Å². The molecule has 0 aromatic heterocycles. The summed E-state index contributed by atoms with van der Waals surface area (Å²) < 4.78 is 10.8. The minimum atomic E-state index is -2.18. The van der Waals surface area contributed by atoms with E-state index in [0.717, 1.165) is 5.56 Å². The summed E-state index contributed by atoms with van der Waals surface area (Å²) >= 11 is 12.5. The van der Waals surface area contributed by atoms with Crippen LogP contribution >= 0.6 is 23.2 Å². The van der Waals surface area contributed by atoms with E-state index in [0.29, 0.717) is 5.56 Å². The number of nitrogens with zero attached hydrogens (tertiary/aromatic N) is 1. The Hall–Kier alpha value is -5.10. The smallest absolute Gasteiger partial charge is 0.413 e. The molecule has 0 aliphatic rings. The van der Waals surface area contributed by atoms with Gasteiger partial charge in [0.25, 0.3) is 0 Å². The number of ether oxygens (including phenoxy) is 2. The fourth-order valence-corrected chi connectivity index (χ4v) is 6.17. The number of nitrogens with one attached hydrogen (secondary N) is 2. The van der Waals surface area contributed by atoms with Crippen LogP contribution in [-0.4, -0.2) is 64.5 Å². The molecule has 0 saturated heterocycles. The van der Waals surface area contributed by atoms with Gasteiger partial charge in [0, 0.05) is 43.4 Å². The van der Waals surface area contributed by atoms with Gasteiger partial charge in [0.2, 0.25) is 5.91 Å². The standard InChI is InChI=1S/C37H38Cl2N4O7/c38-19-21-43(22-20-39)37(32(40)44,29-15-10-16-30(23-29)41-34(47)49-25-28-13-6-2-7-14-28)26-36(33(45)46,24-27-11-4-1-5-12-27)42-35(48)50-31-17-8-3-9-18-31/h1-18,23H,19-22,24-26H2,(H2,40,44)(H,41,47)(H,42,48)(H,45,46)/t36-,37?/m0/s1. The van der Waals surface area contributed by atoms with Crippen molar-refractivity contribution in [1.82, 2.24) is 10.2 Å². The number of amides is 3. The second kappa shape index (κ2) is 18.1. The fraction of sp³-hybridized carbons (Fsp3) is 0.243. The fourth-order valence-electron chi connectivity index (χ4n) is 5.76. The van der Waals surface area contributed by atoms with Gasteiger partial charge in [-0.05, 0) is 41.0 Å². The number of nitrogens with two attached hydrogens (primary N) is 1.